The predicted molar refractivity (Wildman–Crippen MR) is 109 cm³/mol. The Morgan fingerprint density at radius 2 is 0.310 bits per heavy atom. The van der Waals surface area contributed by atoms with Crippen molar-refractivity contribution in [2.75, 3.05) is 0 Å². The summed E-state index contributed by atoms with van der Waals surface area (Å²) in [7, 11) is -18.6. The SMILES string of the molecule is C.CC.CC.CC.CC.O=P(O)(O)O.O=P(O)(O)O.O=P(O)(O)O.O=P(O)(O)O. The van der Waals surface area contributed by atoms with Crippen molar-refractivity contribution in [3.05, 3.63) is 0 Å². The number of hydrogen-bond donors (Lipinski definition) is 12. The van der Waals surface area contributed by atoms with Gasteiger partial charge in [0.15, 0.2) is 0 Å². The van der Waals surface area contributed by atoms with E-state index in [0.717, 1.165) is 0 Å². The molecule has 0 aliphatic rings. The minimum atomic E-state index is -4.64. The van der Waals surface area contributed by atoms with E-state index in [0.29, 0.717) is 0 Å². The minimum Gasteiger partial charge on any atom is -0.303 e. The number of rotatable bonds is 0. The Hall–Kier alpha value is 0.440. The van der Waals surface area contributed by atoms with Crippen molar-refractivity contribution < 1.29 is 77.0 Å². The molecule has 0 rings (SSSR count). The molecule has 0 aromatic rings. The van der Waals surface area contributed by atoms with Crippen molar-refractivity contribution in [3.63, 3.8) is 0 Å². The Balaban J connectivity index is -0.0000000233. The van der Waals surface area contributed by atoms with Crippen LogP contribution in [0.3, 0.4) is 0 Å². The van der Waals surface area contributed by atoms with Crippen LogP contribution in [0.15, 0.2) is 0 Å². The average Bonchev–Trinajstić information content (AvgIpc) is 2.40. The standard InChI is InChI=1S/4C2H6.CH4.4H3O4P/c4*1-2;;4*1-5(2,3)4/h4*1-2H3;1H4;4*(H3,1,2,3,4). The van der Waals surface area contributed by atoms with Crippen molar-refractivity contribution >= 4 is 31.3 Å². The fraction of sp³-hybridized carbons (Fsp3) is 1.00. The van der Waals surface area contributed by atoms with Gasteiger partial charge in [0, 0.05) is 0 Å². The third-order valence-corrected chi connectivity index (χ3v) is 0. The van der Waals surface area contributed by atoms with Crippen molar-refractivity contribution in [2.45, 2.75) is 62.8 Å². The summed E-state index contributed by atoms with van der Waals surface area (Å²) in [6.07, 6.45) is 0. The molecular formula is C9H40O16P4. The molecule has 20 heteroatoms. The summed E-state index contributed by atoms with van der Waals surface area (Å²) in [6, 6.07) is 0. The van der Waals surface area contributed by atoms with Gasteiger partial charge in [0.25, 0.3) is 0 Å². The molecule has 0 bridgehead atoms. The van der Waals surface area contributed by atoms with Gasteiger partial charge in [-0.25, -0.2) is 18.3 Å². The van der Waals surface area contributed by atoms with Gasteiger partial charge in [-0.1, -0.05) is 62.8 Å². The van der Waals surface area contributed by atoms with Crippen LogP contribution in [-0.4, -0.2) is 58.7 Å². The molecule has 0 unspecified atom stereocenters. The van der Waals surface area contributed by atoms with E-state index < -0.39 is 31.3 Å². The molecule has 0 aliphatic heterocycles. The molecule has 0 aromatic carbocycles. The molecule has 0 aromatic heterocycles. The molecule has 0 radical (unpaired) electrons. The lowest BCUT2D eigenvalue weighted by molar-refractivity contribution is 0.272. The fourth-order valence-electron chi connectivity index (χ4n) is 0. The summed E-state index contributed by atoms with van der Waals surface area (Å²) in [5.74, 6) is 0. The van der Waals surface area contributed by atoms with Gasteiger partial charge in [0.2, 0.25) is 0 Å². The summed E-state index contributed by atoms with van der Waals surface area (Å²) in [6.45, 7) is 16.0. The summed E-state index contributed by atoms with van der Waals surface area (Å²) < 4.78 is 35.5. The smallest absolute Gasteiger partial charge is 0.303 e. The largest absolute Gasteiger partial charge is 0.466 e. The zero-order chi connectivity index (χ0) is 26.0. The first kappa shape index (κ1) is 57.0. The van der Waals surface area contributed by atoms with Gasteiger partial charge in [-0.2, -0.15) is 0 Å². The average molecular weight is 528 g/mol. The van der Waals surface area contributed by atoms with Gasteiger partial charge >= 0.3 is 31.3 Å². The highest BCUT2D eigenvalue weighted by molar-refractivity contribution is 7.45. The van der Waals surface area contributed by atoms with Crippen LogP contribution in [0.25, 0.3) is 0 Å². The van der Waals surface area contributed by atoms with E-state index in [-0.39, 0.29) is 7.43 Å². The van der Waals surface area contributed by atoms with Crippen molar-refractivity contribution in [1.29, 1.82) is 0 Å². The van der Waals surface area contributed by atoms with E-state index in [2.05, 4.69) is 0 Å². The third-order valence-electron chi connectivity index (χ3n) is 0. The molecule has 0 aliphatic carbocycles. The summed E-state index contributed by atoms with van der Waals surface area (Å²) in [5.41, 5.74) is 0. The van der Waals surface area contributed by atoms with Crippen LogP contribution in [0, 0.1) is 0 Å². The van der Waals surface area contributed by atoms with Crippen LogP contribution in [0.1, 0.15) is 62.8 Å². The quantitative estimate of drug-likeness (QED) is 0.195. The van der Waals surface area contributed by atoms with E-state index in [9.17, 15) is 0 Å². The van der Waals surface area contributed by atoms with E-state index in [4.69, 9.17) is 77.0 Å². The Labute approximate surface area is 171 Å². The highest BCUT2D eigenvalue weighted by Gasteiger charge is 2.01. The molecule has 12 N–H and O–H groups in total. The summed E-state index contributed by atoms with van der Waals surface area (Å²) in [5, 5.41) is 0. The second-order valence-corrected chi connectivity index (χ2v) is 6.16. The lowest BCUT2D eigenvalue weighted by atomic mass is 11.0. The topological polar surface area (TPSA) is 311 Å². The van der Waals surface area contributed by atoms with Crippen molar-refractivity contribution in [2.24, 2.45) is 0 Å². The Kier molecular flexibility index (Phi) is 70.5. The van der Waals surface area contributed by atoms with Crippen LogP contribution in [-0.2, 0) is 18.3 Å². The van der Waals surface area contributed by atoms with E-state index in [1.165, 1.54) is 0 Å². The molecule has 0 atom stereocenters. The predicted octanol–water partition coefficient (Wildman–Crippen LogP) is 1.03. The first-order valence-corrected chi connectivity index (χ1v) is 13.4. The molecule has 0 saturated carbocycles. The molecule has 0 saturated heterocycles. The molecule has 0 heterocycles. The van der Waals surface area contributed by atoms with Crippen LogP contribution in [0.4, 0.5) is 0 Å². The number of phosphoric acid groups is 4. The minimum absolute atomic E-state index is 0. The van der Waals surface area contributed by atoms with E-state index >= 15 is 0 Å². The summed E-state index contributed by atoms with van der Waals surface area (Å²) >= 11 is 0. The van der Waals surface area contributed by atoms with Crippen LogP contribution in [0.2, 0.25) is 0 Å². The Bertz CT molecular complexity index is 305. The molecular weight excluding hydrogens is 488 g/mol. The fourth-order valence-corrected chi connectivity index (χ4v) is 0. The molecule has 0 spiro atoms. The Morgan fingerprint density at radius 3 is 0.310 bits per heavy atom. The van der Waals surface area contributed by atoms with Gasteiger partial charge in [-0.3, -0.25) is 0 Å². The molecule has 192 valence electrons. The van der Waals surface area contributed by atoms with Crippen LogP contribution < -0.4 is 0 Å². The van der Waals surface area contributed by atoms with E-state index in [1.807, 2.05) is 55.4 Å². The summed E-state index contributed by atoms with van der Waals surface area (Å²) in [4.78, 5) is 86.2. The lowest BCUT2D eigenvalue weighted by Gasteiger charge is -1.82. The van der Waals surface area contributed by atoms with Gasteiger partial charge < -0.3 is 58.7 Å². The molecule has 16 nitrogen and oxygen atoms in total. The first-order valence-electron chi connectivity index (χ1n) is 7.13. The second-order valence-electron chi connectivity index (χ2n) is 2.05. The van der Waals surface area contributed by atoms with Crippen molar-refractivity contribution in [3.8, 4) is 0 Å². The molecule has 0 amide bonds. The lowest BCUT2D eigenvalue weighted by Crippen LogP contribution is -1.66. The maximum Gasteiger partial charge on any atom is 0.466 e. The highest BCUT2D eigenvalue weighted by Crippen LogP contribution is 2.27. The Morgan fingerprint density at radius 1 is 0.310 bits per heavy atom. The van der Waals surface area contributed by atoms with Gasteiger partial charge in [0.05, 0.1) is 0 Å². The monoisotopic (exact) mass is 528 g/mol. The van der Waals surface area contributed by atoms with Gasteiger partial charge in [-0.05, 0) is 0 Å². The molecule has 29 heavy (non-hydrogen) atoms. The van der Waals surface area contributed by atoms with Crippen molar-refractivity contribution in [1.82, 2.24) is 0 Å². The second kappa shape index (κ2) is 35.9. The maximum atomic E-state index is 8.88. The van der Waals surface area contributed by atoms with Gasteiger partial charge in [0.1, 0.15) is 0 Å². The van der Waals surface area contributed by atoms with E-state index in [1.54, 1.807) is 0 Å². The zero-order valence-corrected chi connectivity index (χ0v) is 20.4. The normalized spacial score (nSPS) is 8.97. The highest BCUT2D eigenvalue weighted by atomic mass is 31.2. The van der Waals surface area contributed by atoms with Gasteiger partial charge in [-0.15, -0.1) is 0 Å². The maximum absolute atomic E-state index is 8.88. The molecule has 0 fully saturated rings. The number of hydrogen-bond acceptors (Lipinski definition) is 4. The third kappa shape index (κ3) is 103000. The zero-order valence-electron chi connectivity index (χ0n) is 16.8. The first-order chi connectivity index (χ1) is 12.0. The van der Waals surface area contributed by atoms with Crippen LogP contribution >= 0.6 is 31.3 Å². The van der Waals surface area contributed by atoms with Crippen LogP contribution in [0.5, 0.6) is 0 Å².